The molecular weight excluding hydrogens is 392 g/mol. The van der Waals surface area contributed by atoms with Gasteiger partial charge in [0.25, 0.3) is 5.91 Å². The number of esters is 1. The third-order valence-corrected chi connectivity index (χ3v) is 5.10. The molecule has 1 atom stereocenters. The molecule has 6 nitrogen and oxygen atoms in total. The fraction of sp³-hybridized carbons (Fsp3) is 0.318. The molecule has 1 N–H and O–H groups in total. The Morgan fingerprint density at radius 3 is 2.62 bits per heavy atom. The van der Waals surface area contributed by atoms with Crippen molar-refractivity contribution < 1.29 is 19.1 Å². The third kappa shape index (κ3) is 5.57. The van der Waals surface area contributed by atoms with Gasteiger partial charge in [-0.25, -0.2) is 0 Å². The van der Waals surface area contributed by atoms with Crippen LogP contribution < -0.4 is 5.32 Å². The van der Waals surface area contributed by atoms with Gasteiger partial charge in [-0.3, -0.25) is 14.4 Å². The highest BCUT2D eigenvalue weighted by Gasteiger charge is 2.35. The van der Waals surface area contributed by atoms with Crippen LogP contribution in [0.4, 0.5) is 5.69 Å². The summed E-state index contributed by atoms with van der Waals surface area (Å²) < 4.78 is 5.13. The van der Waals surface area contributed by atoms with Crippen LogP contribution in [0.5, 0.6) is 0 Å². The molecule has 1 fully saturated rings. The van der Waals surface area contributed by atoms with Crippen molar-refractivity contribution in [1.29, 1.82) is 0 Å². The first-order valence-corrected chi connectivity index (χ1v) is 9.75. The quantitative estimate of drug-likeness (QED) is 0.734. The number of carbonyl (C=O) groups is 3. The van der Waals surface area contributed by atoms with Gasteiger partial charge in [-0.15, -0.1) is 0 Å². The number of anilines is 1. The second-order valence-electron chi connectivity index (χ2n) is 7.28. The SMILES string of the molecule is Cc1ccc(CN2C[C@@H](C(=O)OCC(=O)Nc3cc(Cl)ccc3C)CC2=O)cc1. The van der Waals surface area contributed by atoms with E-state index >= 15 is 0 Å². The minimum Gasteiger partial charge on any atom is -0.455 e. The molecule has 29 heavy (non-hydrogen) atoms. The van der Waals surface area contributed by atoms with Crippen LogP contribution in [0.25, 0.3) is 0 Å². The van der Waals surface area contributed by atoms with Gasteiger partial charge in [0.05, 0.1) is 5.92 Å². The van der Waals surface area contributed by atoms with Crippen molar-refractivity contribution in [2.75, 3.05) is 18.5 Å². The van der Waals surface area contributed by atoms with Gasteiger partial charge in [-0.05, 0) is 37.1 Å². The van der Waals surface area contributed by atoms with E-state index in [4.69, 9.17) is 16.3 Å². The fourth-order valence-electron chi connectivity index (χ4n) is 3.17. The number of aryl methyl sites for hydroxylation is 2. The summed E-state index contributed by atoms with van der Waals surface area (Å²) in [6.07, 6.45) is 0.0969. The lowest BCUT2D eigenvalue weighted by molar-refractivity contribution is -0.151. The van der Waals surface area contributed by atoms with E-state index in [1.165, 1.54) is 0 Å². The maximum Gasteiger partial charge on any atom is 0.311 e. The standard InChI is InChI=1S/C22H23ClN2O4/c1-14-3-6-16(7-4-14)11-25-12-17(9-21(25)27)22(28)29-13-20(26)24-19-10-18(23)8-5-15(19)2/h3-8,10,17H,9,11-13H2,1-2H3,(H,24,26)/t17-/m0/s1. The predicted molar refractivity (Wildman–Crippen MR) is 110 cm³/mol. The monoisotopic (exact) mass is 414 g/mol. The van der Waals surface area contributed by atoms with Gasteiger partial charge in [0.2, 0.25) is 5.91 Å². The number of carbonyl (C=O) groups excluding carboxylic acids is 3. The summed E-state index contributed by atoms with van der Waals surface area (Å²) in [5, 5.41) is 3.17. The summed E-state index contributed by atoms with van der Waals surface area (Å²) in [6, 6.07) is 13.1. The summed E-state index contributed by atoms with van der Waals surface area (Å²) in [5.41, 5.74) is 3.57. The Hall–Kier alpha value is -2.86. The Balaban J connectivity index is 1.49. The second kappa shape index (κ2) is 9.09. The molecule has 0 aliphatic carbocycles. The van der Waals surface area contributed by atoms with Crippen LogP contribution in [-0.2, 0) is 25.7 Å². The minimum absolute atomic E-state index is 0.0912. The second-order valence-corrected chi connectivity index (χ2v) is 7.71. The van der Waals surface area contributed by atoms with E-state index in [2.05, 4.69) is 5.32 Å². The maximum atomic E-state index is 12.3. The van der Waals surface area contributed by atoms with Gasteiger partial charge < -0.3 is 15.0 Å². The average molecular weight is 415 g/mol. The average Bonchev–Trinajstić information content (AvgIpc) is 3.05. The molecule has 0 spiro atoms. The van der Waals surface area contributed by atoms with Crippen molar-refractivity contribution in [2.24, 2.45) is 5.92 Å². The zero-order chi connectivity index (χ0) is 21.0. The molecule has 2 aromatic rings. The first-order chi connectivity index (χ1) is 13.8. The van der Waals surface area contributed by atoms with Crippen molar-refractivity contribution in [3.8, 4) is 0 Å². The van der Waals surface area contributed by atoms with Crippen LogP contribution in [0.2, 0.25) is 5.02 Å². The lowest BCUT2D eigenvalue weighted by atomic mass is 10.1. The van der Waals surface area contributed by atoms with Gasteiger partial charge in [0.1, 0.15) is 0 Å². The van der Waals surface area contributed by atoms with E-state index in [1.54, 1.807) is 23.1 Å². The number of hydrogen-bond acceptors (Lipinski definition) is 4. The molecule has 7 heteroatoms. The summed E-state index contributed by atoms with van der Waals surface area (Å²) in [6.45, 7) is 4.18. The van der Waals surface area contributed by atoms with Gasteiger partial charge in [-0.2, -0.15) is 0 Å². The molecule has 0 aromatic heterocycles. The van der Waals surface area contributed by atoms with Crippen molar-refractivity contribution in [3.63, 3.8) is 0 Å². The molecule has 152 valence electrons. The van der Waals surface area contributed by atoms with E-state index < -0.39 is 24.4 Å². The number of likely N-dealkylation sites (tertiary alicyclic amines) is 1. The first kappa shape index (κ1) is 20.9. The van der Waals surface area contributed by atoms with Gasteiger partial charge in [0, 0.05) is 30.2 Å². The Labute approximate surface area is 174 Å². The molecule has 1 aliphatic heterocycles. The Morgan fingerprint density at radius 1 is 1.17 bits per heavy atom. The topological polar surface area (TPSA) is 75.7 Å². The largest absolute Gasteiger partial charge is 0.455 e. The maximum absolute atomic E-state index is 12.3. The summed E-state index contributed by atoms with van der Waals surface area (Å²) in [4.78, 5) is 38.3. The molecule has 0 radical (unpaired) electrons. The first-order valence-electron chi connectivity index (χ1n) is 9.38. The number of benzene rings is 2. The van der Waals surface area contributed by atoms with Crippen molar-refractivity contribution in [2.45, 2.75) is 26.8 Å². The Kier molecular flexibility index (Phi) is 6.54. The summed E-state index contributed by atoms with van der Waals surface area (Å²) in [5.74, 6) is -1.65. The highest BCUT2D eigenvalue weighted by molar-refractivity contribution is 6.31. The molecule has 2 amide bonds. The van der Waals surface area contributed by atoms with Crippen LogP contribution in [-0.4, -0.2) is 35.8 Å². The number of hydrogen-bond donors (Lipinski definition) is 1. The highest BCUT2D eigenvalue weighted by atomic mass is 35.5. The Morgan fingerprint density at radius 2 is 1.90 bits per heavy atom. The number of ether oxygens (including phenoxy) is 1. The Bertz CT molecular complexity index is 927. The molecule has 0 saturated carbocycles. The van der Waals surface area contributed by atoms with Crippen LogP contribution in [0.3, 0.4) is 0 Å². The minimum atomic E-state index is -0.561. The molecule has 2 aromatic carbocycles. The molecule has 1 heterocycles. The molecular formula is C22H23ClN2O4. The van der Waals surface area contributed by atoms with E-state index in [9.17, 15) is 14.4 Å². The van der Waals surface area contributed by atoms with Crippen molar-refractivity contribution in [3.05, 3.63) is 64.2 Å². The van der Waals surface area contributed by atoms with E-state index in [0.29, 0.717) is 23.8 Å². The molecule has 0 bridgehead atoms. The van der Waals surface area contributed by atoms with E-state index in [0.717, 1.165) is 16.7 Å². The zero-order valence-electron chi connectivity index (χ0n) is 16.4. The summed E-state index contributed by atoms with van der Waals surface area (Å²) >= 11 is 5.93. The predicted octanol–water partition coefficient (Wildman–Crippen LogP) is 3.49. The van der Waals surface area contributed by atoms with E-state index in [-0.39, 0.29) is 12.3 Å². The lowest BCUT2D eigenvalue weighted by Gasteiger charge is -2.16. The number of amides is 2. The normalized spacial score (nSPS) is 16.0. The third-order valence-electron chi connectivity index (χ3n) is 4.86. The molecule has 1 aliphatic rings. The van der Waals surface area contributed by atoms with Gasteiger partial charge in [-0.1, -0.05) is 47.5 Å². The van der Waals surface area contributed by atoms with Gasteiger partial charge >= 0.3 is 5.97 Å². The van der Waals surface area contributed by atoms with E-state index in [1.807, 2.05) is 38.1 Å². The number of rotatable bonds is 6. The van der Waals surface area contributed by atoms with Crippen LogP contribution >= 0.6 is 11.6 Å². The van der Waals surface area contributed by atoms with Crippen LogP contribution in [0.15, 0.2) is 42.5 Å². The number of nitrogens with one attached hydrogen (secondary N) is 1. The molecule has 0 unspecified atom stereocenters. The van der Waals surface area contributed by atoms with Crippen molar-refractivity contribution in [1.82, 2.24) is 4.90 Å². The smallest absolute Gasteiger partial charge is 0.311 e. The van der Waals surface area contributed by atoms with Crippen molar-refractivity contribution >= 4 is 35.1 Å². The highest BCUT2D eigenvalue weighted by Crippen LogP contribution is 2.22. The summed E-state index contributed by atoms with van der Waals surface area (Å²) in [7, 11) is 0. The molecule has 3 rings (SSSR count). The fourth-order valence-corrected chi connectivity index (χ4v) is 3.34. The zero-order valence-corrected chi connectivity index (χ0v) is 17.2. The van der Waals surface area contributed by atoms with Crippen LogP contribution in [0, 0.1) is 19.8 Å². The molecule has 1 saturated heterocycles. The number of nitrogens with zero attached hydrogens (tertiary/aromatic N) is 1. The number of halogens is 1. The lowest BCUT2D eigenvalue weighted by Crippen LogP contribution is -2.28. The van der Waals surface area contributed by atoms with Gasteiger partial charge in [0.15, 0.2) is 6.61 Å². The van der Waals surface area contributed by atoms with Crippen LogP contribution in [0.1, 0.15) is 23.1 Å².